The molecule has 1 aromatic carbocycles. The van der Waals surface area contributed by atoms with Crippen molar-refractivity contribution in [1.29, 1.82) is 0 Å². The number of nitrogens with one attached hydrogen (secondary N) is 1. The van der Waals surface area contributed by atoms with Crippen molar-refractivity contribution in [2.75, 3.05) is 24.6 Å². The molecule has 1 aliphatic heterocycles. The first-order valence-corrected chi connectivity index (χ1v) is 9.80. The Balaban J connectivity index is 1.70. The minimum atomic E-state index is -0.228. The lowest BCUT2D eigenvalue weighted by Crippen LogP contribution is -2.46. The van der Waals surface area contributed by atoms with Crippen LogP contribution < -0.4 is 15.0 Å². The maximum atomic E-state index is 12.6. The quantitative estimate of drug-likeness (QED) is 0.833. The average molecular weight is 399 g/mol. The van der Waals surface area contributed by atoms with Gasteiger partial charge in [-0.15, -0.1) is 0 Å². The van der Waals surface area contributed by atoms with Gasteiger partial charge in [0, 0.05) is 6.54 Å². The Kier molecular flexibility index (Phi) is 5.64. The van der Waals surface area contributed by atoms with Gasteiger partial charge in [0.15, 0.2) is 6.61 Å². The summed E-state index contributed by atoms with van der Waals surface area (Å²) in [4.78, 5) is 30.8. The zero-order chi connectivity index (χ0) is 21.3. The zero-order valence-electron chi connectivity index (χ0n) is 17.9. The first-order valence-electron chi connectivity index (χ1n) is 9.80. The van der Waals surface area contributed by atoms with Gasteiger partial charge in [0.1, 0.15) is 23.9 Å². The van der Waals surface area contributed by atoms with E-state index >= 15 is 0 Å². The first-order chi connectivity index (χ1) is 13.6. The summed E-state index contributed by atoms with van der Waals surface area (Å²) in [7, 11) is 0. The number of ether oxygens (including phenoxy) is 1. The third kappa shape index (κ3) is 4.58. The predicted octanol–water partition coefficient (Wildman–Crippen LogP) is 2.30. The van der Waals surface area contributed by atoms with Crippen LogP contribution in [0.15, 0.2) is 18.2 Å². The van der Waals surface area contributed by atoms with E-state index < -0.39 is 0 Å². The van der Waals surface area contributed by atoms with Crippen LogP contribution in [0.2, 0.25) is 0 Å². The molecule has 0 radical (unpaired) electrons. The number of amides is 2. The molecular formula is C21H29N5O3. The molecule has 0 aliphatic carbocycles. The standard InChI is InChI=1S/C21H29N5O3/c1-13(26-15(3)23-14(2)24-26)10-22-19(27)11-25-17-9-16(21(4,5)6)7-8-18(17)29-12-20(25)28/h7-9,13H,10-12H2,1-6H3,(H,22,27)/t13-/m0/s1. The van der Waals surface area contributed by atoms with Gasteiger partial charge in [-0.2, -0.15) is 5.10 Å². The highest BCUT2D eigenvalue weighted by Gasteiger charge is 2.29. The Labute approximate surface area is 171 Å². The Bertz CT molecular complexity index is 929. The molecule has 2 heterocycles. The van der Waals surface area contributed by atoms with Crippen LogP contribution in [0.5, 0.6) is 5.75 Å². The number of anilines is 1. The van der Waals surface area contributed by atoms with Gasteiger partial charge >= 0.3 is 0 Å². The molecular weight excluding hydrogens is 370 g/mol. The van der Waals surface area contributed by atoms with E-state index in [0.717, 1.165) is 11.4 Å². The molecule has 2 aromatic rings. The van der Waals surface area contributed by atoms with Gasteiger partial charge in [-0.25, -0.2) is 9.67 Å². The number of rotatable bonds is 5. The van der Waals surface area contributed by atoms with Crippen LogP contribution in [0.1, 0.15) is 50.9 Å². The number of aromatic nitrogens is 3. The Morgan fingerprint density at radius 2 is 2.03 bits per heavy atom. The minimum absolute atomic E-state index is 0.0414. The lowest BCUT2D eigenvalue weighted by atomic mass is 9.86. The molecule has 29 heavy (non-hydrogen) atoms. The SMILES string of the molecule is Cc1nc(C)n([C@@H](C)CNC(=O)CN2C(=O)COc3ccc(C(C)(C)C)cc32)n1. The molecule has 1 atom stereocenters. The Hall–Kier alpha value is -2.90. The maximum Gasteiger partial charge on any atom is 0.265 e. The number of hydrogen-bond acceptors (Lipinski definition) is 5. The van der Waals surface area contributed by atoms with Crippen molar-refractivity contribution in [2.24, 2.45) is 0 Å². The molecule has 0 fully saturated rings. The van der Waals surface area contributed by atoms with Crippen molar-refractivity contribution in [2.45, 2.75) is 53.0 Å². The third-order valence-corrected chi connectivity index (χ3v) is 4.99. The van der Waals surface area contributed by atoms with Crippen molar-refractivity contribution in [1.82, 2.24) is 20.1 Å². The van der Waals surface area contributed by atoms with Gasteiger partial charge in [-0.05, 0) is 43.9 Å². The topological polar surface area (TPSA) is 89.4 Å². The number of aryl methyl sites for hydroxylation is 2. The van der Waals surface area contributed by atoms with Crippen molar-refractivity contribution in [3.8, 4) is 5.75 Å². The van der Waals surface area contributed by atoms with E-state index in [0.29, 0.717) is 23.8 Å². The molecule has 0 bridgehead atoms. The summed E-state index contributed by atoms with van der Waals surface area (Å²) in [5.74, 6) is 1.66. The summed E-state index contributed by atoms with van der Waals surface area (Å²) in [5, 5.41) is 7.25. The van der Waals surface area contributed by atoms with Crippen molar-refractivity contribution < 1.29 is 14.3 Å². The summed E-state index contributed by atoms with van der Waals surface area (Å²) < 4.78 is 7.34. The fraction of sp³-hybridized carbons (Fsp3) is 0.524. The van der Waals surface area contributed by atoms with Crippen LogP contribution in [0.3, 0.4) is 0 Å². The highest BCUT2D eigenvalue weighted by Crippen LogP contribution is 2.36. The summed E-state index contributed by atoms with van der Waals surface area (Å²) in [6.45, 7) is 12.3. The second-order valence-corrected chi connectivity index (χ2v) is 8.50. The lowest BCUT2D eigenvalue weighted by molar-refractivity contribution is -0.125. The minimum Gasteiger partial charge on any atom is -0.482 e. The van der Waals surface area contributed by atoms with Crippen molar-refractivity contribution >= 4 is 17.5 Å². The molecule has 1 aromatic heterocycles. The summed E-state index contributed by atoms with van der Waals surface area (Å²) in [6, 6.07) is 5.76. The van der Waals surface area contributed by atoms with Gasteiger partial charge in [0.05, 0.1) is 11.7 Å². The van der Waals surface area contributed by atoms with E-state index in [1.807, 2.05) is 39.0 Å². The molecule has 0 unspecified atom stereocenters. The van der Waals surface area contributed by atoms with Crippen LogP contribution in [0.25, 0.3) is 0 Å². The second kappa shape index (κ2) is 7.85. The van der Waals surface area contributed by atoms with Gasteiger partial charge in [-0.1, -0.05) is 26.8 Å². The van der Waals surface area contributed by atoms with Crippen LogP contribution in [0, 0.1) is 13.8 Å². The largest absolute Gasteiger partial charge is 0.482 e. The van der Waals surface area contributed by atoms with E-state index in [-0.39, 0.29) is 36.4 Å². The lowest BCUT2D eigenvalue weighted by Gasteiger charge is -2.31. The fourth-order valence-corrected chi connectivity index (χ4v) is 3.34. The summed E-state index contributed by atoms with van der Waals surface area (Å²) in [6.07, 6.45) is 0. The van der Waals surface area contributed by atoms with E-state index in [2.05, 4.69) is 36.2 Å². The Morgan fingerprint density at radius 1 is 1.31 bits per heavy atom. The van der Waals surface area contributed by atoms with E-state index in [4.69, 9.17) is 4.74 Å². The van der Waals surface area contributed by atoms with Crippen LogP contribution >= 0.6 is 0 Å². The molecule has 1 N–H and O–H groups in total. The number of benzene rings is 1. The number of hydrogen-bond donors (Lipinski definition) is 1. The predicted molar refractivity (Wildman–Crippen MR) is 110 cm³/mol. The highest BCUT2D eigenvalue weighted by atomic mass is 16.5. The molecule has 156 valence electrons. The molecule has 0 saturated carbocycles. The van der Waals surface area contributed by atoms with Crippen LogP contribution in [0.4, 0.5) is 5.69 Å². The first kappa shape index (κ1) is 20.8. The van der Waals surface area contributed by atoms with Crippen molar-refractivity contribution in [3.63, 3.8) is 0 Å². The fourth-order valence-electron chi connectivity index (χ4n) is 3.34. The molecule has 8 nitrogen and oxygen atoms in total. The normalized spacial score (nSPS) is 15.0. The second-order valence-electron chi connectivity index (χ2n) is 8.50. The highest BCUT2D eigenvalue weighted by molar-refractivity contribution is 6.02. The Morgan fingerprint density at radius 3 is 2.66 bits per heavy atom. The number of fused-ring (bicyclic) bond motifs is 1. The van der Waals surface area contributed by atoms with Crippen LogP contribution in [-0.4, -0.2) is 46.3 Å². The van der Waals surface area contributed by atoms with E-state index in [1.165, 1.54) is 4.90 Å². The van der Waals surface area contributed by atoms with Crippen molar-refractivity contribution in [3.05, 3.63) is 35.4 Å². The number of carbonyl (C=O) groups excluding carboxylic acids is 2. The zero-order valence-corrected chi connectivity index (χ0v) is 17.9. The third-order valence-electron chi connectivity index (χ3n) is 4.99. The summed E-state index contributed by atoms with van der Waals surface area (Å²) >= 11 is 0. The molecule has 1 aliphatic rings. The van der Waals surface area contributed by atoms with Gasteiger partial charge < -0.3 is 10.1 Å². The van der Waals surface area contributed by atoms with Gasteiger partial charge in [0.25, 0.3) is 5.91 Å². The number of carbonyl (C=O) groups is 2. The summed E-state index contributed by atoms with van der Waals surface area (Å²) in [5.41, 5.74) is 1.64. The number of nitrogens with zero attached hydrogens (tertiary/aromatic N) is 4. The molecule has 0 saturated heterocycles. The van der Waals surface area contributed by atoms with Gasteiger partial charge in [-0.3, -0.25) is 14.5 Å². The van der Waals surface area contributed by atoms with Gasteiger partial charge in [0.2, 0.25) is 5.91 Å². The van der Waals surface area contributed by atoms with Crippen LogP contribution in [-0.2, 0) is 15.0 Å². The molecule has 8 heteroatoms. The molecule has 0 spiro atoms. The molecule has 3 rings (SSSR count). The monoisotopic (exact) mass is 399 g/mol. The molecule has 2 amide bonds. The van der Waals surface area contributed by atoms with E-state index in [1.54, 1.807) is 4.68 Å². The average Bonchev–Trinajstić information content (AvgIpc) is 2.99. The smallest absolute Gasteiger partial charge is 0.265 e. The maximum absolute atomic E-state index is 12.6. The van der Waals surface area contributed by atoms with E-state index in [9.17, 15) is 9.59 Å².